The summed E-state index contributed by atoms with van der Waals surface area (Å²) in [6.07, 6.45) is 6.37. The highest BCUT2D eigenvalue weighted by atomic mass is 16.3. The largest absolute Gasteiger partial charge is 0.389 e. The maximum absolute atomic E-state index is 10.7. The molecule has 1 saturated carbocycles. The van der Waals surface area contributed by atoms with Crippen LogP contribution in [0.25, 0.3) is 0 Å². The van der Waals surface area contributed by atoms with E-state index in [0.717, 1.165) is 31.6 Å². The van der Waals surface area contributed by atoms with Crippen LogP contribution in [0, 0.1) is 11.3 Å². The fraction of sp³-hybridized carbons (Fsp3) is 1.00. The average molecular weight is 213 g/mol. The van der Waals surface area contributed by atoms with E-state index in [1.807, 2.05) is 0 Å². The minimum atomic E-state index is -0.536. The van der Waals surface area contributed by atoms with Crippen LogP contribution in [0.1, 0.15) is 59.3 Å². The molecular formula is C13H27NO. The molecule has 1 aliphatic rings. The van der Waals surface area contributed by atoms with Crippen LogP contribution < -0.4 is 5.73 Å². The molecule has 3 N–H and O–H groups in total. The predicted octanol–water partition coefficient (Wildman–Crippen LogP) is 2.69. The fourth-order valence-electron chi connectivity index (χ4n) is 3.38. The van der Waals surface area contributed by atoms with Crippen molar-refractivity contribution in [1.82, 2.24) is 0 Å². The summed E-state index contributed by atoms with van der Waals surface area (Å²) in [6.45, 7) is 7.05. The number of nitrogens with two attached hydrogens (primary N) is 1. The molecule has 1 rings (SSSR count). The van der Waals surface area contributed by atoms with Gasteiger partial charge in [-0.05, 0) is 38.0 Å². The Kier molecular flexibility index (Phi) is 4.19. The van der Waals surface area contributed by atoms with Gasteiger partial charge in [0.05, 0.1) is 5.60 Å². The van der Waals surface area contributed by atoms with E-state index in [1.165, 1.54) is 12.8 Å². The zero-order chi connectivity index (χ0) is 11.5. The monoisotopic (exact) mass is 213 g/mol. The normalized spacial score (nSPS) is 32.2. The molecule has 2 unspecified atom stereocenters. The van der Waals surface area contributed by atoms with E-state index in [9.17, 15) is 5.11 Å². The van der Waals surface area contributed by atoms with Crippen LogP contribution in [-0.2, 0) is 0 Å². The summed E-state index contributed by atoms with van der Waals surface area (Å²) >= 11 is 0. The highest BCUT2D eigenvalue weighted by molar-refractivity contribution is 5.02. The van der Waals surface area contributed by atoms with Gasteiger partial charge in [-0.3, -0.25) is 0 Å². The second-order valence-corrected chi connectivity index (χ2v) is 5.24. The van der Waals surface area contributed by atoms with Gasteiger partial charge in [0.1, 0.15) is 0 Å². The van der Waals surface area contributed by atoms with Crippen molar-refractivity contribution < 1.29 is 5.11 Å². The highest BCUT2D eigenvalue weighted by Gasteiger charge is 2.50. The van der Waals surface area contributed by atoms with Gasteiger partial charge in [0, 0.05) is 12.0 Å². The second kappa shape index (κ2) is 4.84. The van der Waals surface area contributed by atoms with Crippen LogP contribution in [0.5, 0.6) is 0 Å². The molecule has 0 aromatic rings. The maximum Gasteiger partial charge on any atom is 0.0710 e. The molecule has 0 aliphatic heterocycles. The molecule has 90 valence electrons. The minimum Gasteiger partial charge on any atom is -0.389 e. The van der Waals surface area contributed by atoms with Crippen LogP contribution in [-0.4, -0.2) is 17.3 Å². The van der Waals surface area contributed by atoms with Gasteiger partial charge in [0.15, 0.2) is 0 Å². The Morgan fingerprint density at radius 1 is 1.33 bits per heavy atom. The van der Waals surface area contributed by atoms with Gasteiger partial charge in [-0.15, -0.1) is 0 Å². The standard InChI is InChI=1S/C13H27NO/c1-4-11-7-8-12(9-11,10-14)13(15,5-2)6-3/h11,15H,4-10,14H2,1-3H3. The van der Waals surface area contributed by atoms with Gasteiger partial charge in [-0.2, -0.15) is 0 Å². The molecule has 0 aromatic heterocycles. The van der Waals surface area contributed by atoms with E-state index in [1.54, 1.807) is 0 Å². The molecule has 1 fully saturated rings. The summed E-state index contributed by atoms with van der Waals surface area (Å²) in [4.78, 5) is 0. The zero-order valence-electron chi connectivity index (χ0n) is 10.6. The predicted molar refractivity (Wildman–Crippen MR) is 64.7 cm³/mol. The minimum absolute atomic E-state index is 0.00280. The lowest BCUT2D eigenvalue weighted by Crippen LogP contribution is -2.50. The third-order valence-electron chi connectivity index (χ3n) is 4.84. The third-order valence-corrected chi connectivity index (χ3v) is 4.84. The Bertz CT molecular complexity index is 201. The molecule has 0 aromatic carbocycles. The summed E-state index contributed by atoms with van der Waals surface area (Å²) in [7, 11) is 0. The molecule has 0 saturated heterocycles. The Morgan fingerprint density at radius 2 is 1.93 bits per heavy atom. The van der Waals surface area contributed by atoms with Crippen molar-refractivity contribution in [2.45, 2.75) is 64.9 Å². The van der Waals surface area contributed by atoms with Crippen molar-refractivity contribution in [3.8, 4) is 0 Å². The first-order valence-electron chi connectivity index (χ1n) is 6.50. The number of aliphatic hydroxyl groups is 1. The quantitative estimate of drug-likeness (QED) is 0.737. The smallest absolute Gasteiger partial charge is 0.0710 e. The van der Waals surface area contributed by atoms with E-state index < -0.39 is 5.60 Å². The first-order chi connectivity index (χ1) is 7.07. The van der Waals surface area contributed by atoms with Gasteiger partial charge in [-0.25, -0.2) is 0 Å². The lowest BCUT2D eigenvalue weighted by molar-refractivity contribution is -0.0859. The second-order valence-electron chi connectivity index (χ2n) is 5.24. The maximum atomic E-state index is 10.7. The van der Waals surface area contributed by atoms with Crippen LogP contribution >= 0.6 is 0 Å². The van der Waals surface area contributed by atoms with E-state index >= 15 is 0 Å². The zero-order valence-corrected chi connectivity index (χ0v) is 10.6. The molecule has 15 heavy (non-hydrogen) atoms. The Balaban J connectivity index is 2.86. The number of hydrogen-bond acceptors (Lipinski definition) is 2. The molecule has 2 atom stereocenters. The van der Waals surface area contributed by atoms with Gasteiger partial charge in [0.2, 0.25) is 0 Å². The topological polar surface area (TPSA) is 46.2 Å². The van der Waals surface area contributed by atoms with E-state index in [4.69, 9.17) is 5.73 Å². The van der Waals surface area contributed by atoms with Crippen molar-refractivity contribution in [2.75, 3.05) is 6.54 Å². The van der Waals surface area contributed by atoms with E-state index in [2.05, 4.69) is 20.8 Å². The molecule has 2 nitrogen and oxygen atoms in total. The Morgan fingerprint density at radius 3 is 2.27 bits per heavy atom. The Hall–Kier alpha value is -0.0800. The molecular weight excluding hydrogens is 186 g/mol. The summed E-state index contributed by atoms with van der Waals surface area (Å²) in [5.74, 6) is 0.776. The summed E-state index contributed by atoms with van der Waals surface area (Å²) < 4.78 is 0. The van der Waals surface area contributed by atoms with Crippen molar-refractivity contribution >= 4 is 0 Å². The first-order valence-corrected chi connectivity index (χ1v) is 6.50. The molecule has 0 heterocycles. The van der Waals surface area contributed by atoms with Crippen LogP contribution in [0.4, 0.5) is 0 Å². The lowest BCUT2D eigenvalue weighted by Gasteiger charge is -2.44. The van der Waals surface area contributed by atoms with Gasteiger partial charge >= 0.3 is 0 Å². The SMILES string of the molecule is CCC1CCC(CN)(C(O)(CC)CC)C1. The highest BCUT2D eigenvalue weighted by Crippen LogP contribution is 2.51. The van der Waals surface area contributed by atoms with Crippen LogP contribution in [0.15, 0.2) is 0 Å². The summed E-state index contributed by atoms with van der Waals surface area (Å²) in [6, 6.07) is 0. The lowest BCUT2D eigenvalue weighted by atomic mass is 9.67. The third kappa shape index (κ3) is 2.07. The summed E-state index contributed by atoms with van der Waals surface area (Å²) in [5, 5.41) is 10.7. The first kappa shape index (κ1) is 13.0. The molecule has 0 spiro atoms. The van der Waals surface area contributed by atoms with E-state index in [-0.39, 0.29) is 5.41 Å². The number of rotatable bonds is 5. The van der Waals surface area contributed by atoms with Crippen molar-refractivity contribution in [3.05, 3.63) is 0 Å². The van der Waals surface area contributed by atoms with Crippen LogP contribution in [0.3, 0.4) is 0 Å². The average Bonchev–Trinajstić information content (AvgIpc) is 2.73. The Labute approximate surface area is 94.2 Å². The summed E-state index contributed by atoms with van der Waals surface area (Å²) in [5.41, 5.74) is 5.42. The molecule has 2 heteroatoms. The van der Waals surface area contributed by atoms with Gasteiger partial charge < -0.3 is 10.8 Å². The fourth-order valence-corrected chi connectivity index (χ4v) is 3.38. The molecule has 0 radical (unpaired) electrons. The van der Waals surface area contributed by atoms with E-state index in [0.29, 0.717) is 6.54 Å². The van der Waals surface area contributed by atoms with Gasteiger partial charge in [-0.1, -0.05) is 27.2 Å². The van der Waals surface area contributed by atoms with Crippen molar-refractivity contribution in [1.29, 1.82) is 0 Å². The number of hydrogen-bond donors (Lipinski definition) is 2. The van der Waals surface area contributed by atoms with Crippen molar-refractivity contribution in [3.63, 3.8) is 0 Å². The molecule has 0 bridgehead atoms. The van der Waals surface area contributed by atoms with Crippen molar-refractivity contribution in [2.24, 2.45) is 17.1 Å². The van der Waals surface area contributed by atoms with Crippen LogP contribution in [0.2, 0.25) is 0 Å². The van der Waals surface area contributed by atoms with Gasteiger partial charge in [0.25, 0.3) is 0 Å². The molecule has 0 amide bonds. The molecule has 1 aliphatic carbocycles.